The first-order chi connectivity index (χ1) is 24.8. The maximum atomic E-state index is 3.82. The van der Waals surface area contributed by atoms with E-state index in [1.165, 1.54) is 92.4 Å². The van der Waals surface area contributed by atoms with Crippen molar-refractivity contribution in [1.82, 2.24) is 4.98 Å². The highest BCUT2D eigenvalue weighted by Crippen LogP contribution is 2.44. The molecule has 0 spiro atoms. The topological polar surface area (TPSA) is 19.0 Å². The van der Waals surface area contributed by atoms with Gasteiger partial charge < -0.3 is 9.88 Å². The molecule has 0 bridgehead atoms. The van der Waals surface area contributed by atoms with Gasteiger partial charge in [-0.2, -0.15) is 0 Å². The summed E-state index contributed by atoms with van der Waals surface area (Å²) in [6.45, 7) is 0. The van der Waals surface area contributed by atoms with Gasteiger partial charge in [0.15, 0.2) is 15.4 Å². The van der Waals surface area contributed by atoms with Crippen LogP contribution in [0.3, 0.4) is 0 Å². The fourth-order valence-corrected chi connectivity index (χ4v) is 14.4. The monoisotopic (exact) mass is 650 g/mol. The van der Waals surface area contributed by atoms with Crippen molar-refractivity contribution in [3.05, 3.63) is 176 Å². The van der Waals surface area contributed by atoms with Crippen molar-refractivity contribution in [2.45, 2.75) is 0 Å². The first-order valence-electron chi connectivity index (χ1n) is 17.5. The Kier molecular flexibility index (Phi) is 5.81. The number of aromatic amines is 1. The maximum Gasteiger partial charge on any atom is 0.198 e. The van der Waals surface area contributed by atoms with E-state index in [0.29, 0.717) is 0 Å². The van der Waals surface area contributed by atoms with Crippen LogP contribution in [0.15, 0.2) is 176 Å². The molecule has 4 heteroatoms. The van der Waals surface area contributed by atoms with Gasteiger partial charge in [0, 0.05) is 44.3 Å². The highest BCUT2D eigenvalue weighted by Gasteiger charge is 2.50. The summed E-state index contributed by atoms with van der Waals surface area (Å²) < 4.78 is 0. The van der Waals surface area contributed by atoms with Crippen molar-refractivity contribution in [2.24, 2.45) is 0 Å². The van der Waals surface area contributed by atoms with Crippen molar-refractivity contribution in [3.8, 4) is 11.1 Å². The minimum absolute atomic E-state index is 0.863. The second-order valence-corrected chi connectivity index (χ2v) is 17.4. The maximum absolute atomic E-state index is 3.82. The fraction of sp³-hybridized carbons (Fsp3) is 0. The van der Waals surface area contributed by atoms with E-state index in [9.17, 15) is 0 Å². The molecule has 0 saturated carbocycles. The van der Waals surface area contributed by atoms with Crippen LogP contribution in [0.25, 0.3) is 43.7 Å². The largest absolute Gasteiger partial charge is 0.354 e. The van der Waals surface area contributed by atoms with Crippen LogP contribution in [-0.2, 0) is 0 Å². The minimum Gasteiger partial charge on any atom is -0.354 e. The Bertz CT molecular complexity index is 2770. The number of hydrogen-bond acceptors (Lipinski definition) is 1. The SMILES string of the molecule is B1c2cccc3c2N(c2ccccc2[Si]3(c2ccccc2)c2ccccc2)c2c1c(-c1cccc3c1[nH]c1ccccc13)cc1ccccc21. The molecule has 232 valence electrons. The van der Waals surface area contributed by atoms with Crippen LogP contribution >= 0.6 is 0 Å². The second kappa shape index (κ2) is 10.4. The van der Waals surface area contributed by atoms with Gasteiger partial charge in [-0.3, -0.25) is 0 Å². The second-order valence-electron chi connectivity index (χ2n) is 13.7. The van der Waals surface area contributed by atoms with Gasteiger partial charge in [0.05, 0.1) is 5.52 Å². The number of H-pyrrole nitrogens is 1. The molecule has 0 fully saturated rings. The van der Waals surface area contributed by atoms with Crippen LogP contribution in [0.4, 0.5) is 17.1 Å². The molecule has 9 aromatic rings. The number of para-hydroxylation sites is 4. The van der Waals surface area contributed by atoms with Gasteiger partial charge >= 0.3 is 0 Å². The van der Waals surface area contributed by atoms with E-state index in [-0.39, 0.29) is 0 Å². The van der Waals surface area contributed by atoms with Gasteiger partial charge in [-0.05, 0) is 55.4 Å². The summed E-state index contributed by atoms with van der Waals surface area (Å²) in [6.07, 6.45) is 0. The normalized spacial score (nSPS) is 13.9. The predicted molar refractivity (Wildman–Crippen MR) is 217 cm³/mol. The van der Waals surface area contributed by atoms with Crippen molar-refractivity contribution in [3.63, 3.8) is 0 Å². The lowest BCUT2D eigenvalue weighted by Gasteiger charge is -2.48. The molecule has 50 heavy (non-hydrogen) atoms. The van der Waals surface area contributed by atoms with E-state index >= 15 is 0 Å². The van der Waals surface area contributed by atoms with Crippen LogP contribution in [0, 0.1) is 0 Å². The third-order valence-electron chi connectivity index (χ3n) is 11.3. The smallest absolute Gasteiger partial charge is 0.198 e. The zero-order valence-electron chi connectivity index (χ0n) is 27.4. The number of fused-ring (bicyclic) bond motifs is 9. The highest BCUT2D eigenvalue weighted by atomic mass is 28.3. The third-order valence-corrected chi connectivity index (χ3v) is 16.1. The molecule has 2 aliphatic rings. The average Bonchev–Trinajstić information content (AvgIpc) is 3.57. The van der Waals surface area contributed by atoms with E-state index in [2.05, 4.69) is 186 Å². The van der Waals surface area contributed by atoms with E-state index in [1.54, 1.807) is 0 Å². The van der Waals surface area contributed by atoms with Crippen molar-refractivity contribution in [1.29, 1.82) is 0 Å². The lowest BCUT2D eigenvalue weighted by Crippen LogP contribution is -2.78. The summed E-state index contributed by atoms with van der Waals surface area (Å²) in [5, 5.41) is 10.8. The van der Waals surface area contributed by atoms with Gasteiger partial charge in [-0.1, -0.05) is 163 Å². The molecule has 0 amide bonds. The quantitative estimate of drug-likeness (QED) is 0.204. The third kappa shape index (κ3) is 3.63. The summed E-state index contributed by atoms with van der Waals surface area (Å²) in [7, 11) is -1.84. The molecule has 0 saturated heterocycles. The fourth-order valence-electron chi connectivity index (χ4n) is 9.28. The Morgan fingerprint density at radius 3 is 1.94 bits per heavy atom. The summed E-state index contributed by atoms with van der Waals surface area (Å²) in [5.41, 5.74) is 11.6. The van der Waals surface area contributed by atoms with E-state index in [0.717, 1.165) is 7.28 Å². The number of nitrogens with one attached hydrogen (secondary N) is 1. The zero-order chi connectivity index (χ0) is 32.8. The number of rotatable bonds is 3. The minimum atomic E-state index is -2.70. The van der Waals surface area contributed by atoms with Gasteiger partial charge in [0.2, 0.25) is 0 Å². The summed E-state index contributed by atoms with van der Waals surface area (Å²) in [4.78, 5) is 6.47. The number of hydrogen-bond donors (Lipinski definition) is 1. The molecule has 0 unspecified atom stereocenters. The molecule has 0 radical (unpaired) electrons. The first-order valence-corrected chi connectivity index (χ1v) is 19.5. The Labute approximate surface area is 292 Å². The predicted octanol–water partition coefficient (Wildman–Crippen LogP) is 7.00. The molecule has 3 heterocycles. The Hall–Kier alpha value is -6.10. The van der Waals surface area contributed by atoms with Crippen molar-refractivity contribution in [2.75, 3.05) is 4.90 Å². The lowest BCUT2D eigenvalue weighted by molar-refractivity contribution is 1.32. The van der Waals surface area contributed by atoms with Crippen LogP contribution in [0.1, 0.15) is 0 Å². The lowest BCUT2D eigenvalue weighted by atomic mass is 9.57. The molecule has 11 rings (SSSR count). The van der Waals surface area contributed by atoms with Crippen LogP contribution in [-0.4, -0.2) is 20.3 Å². The number of benzene rings is 8. The number of anilines is 3. The first kappa shape index (κ1) is 27.8. The van der Waals surface area contributed by atoms with E-state index in [1.807, 2.05) is 0 Å². The molecule has 1 N–H and O–H groups in total. The molecule has 0 aliphatic carbocycles. The molecule has 2 aliphatic heterocycles. The number of aromatic nitrogens is 1. The molecule has 0 atom stereocenters. The zero-order valence-corrected chi connectivity index (χ0v) is 28.4. The highest BCUT2D eigenvalue weighted by molar-refractivity contribution is 7.21. The van der Waals surface area contributed by atoms with Gasteiger partial charge in [-0.25, -0.2) is 0 Å². The van der Waals surface area contributed by atoms with Gasteiger partial charge in [-0.15, -0.1) is 0 Å². The Morgan fingerprint density at radius 2 is 1.12 bits per heavy atom. The van der Waals surface area contributed by atoms with Crippen molar-refractivity contribution < 1.29 is 0 Å². The van der Waals surface area contributed by atoms with Crippen LogP contribution in [0.5, 0.6) is 0 Å². The molecule has 2 nitrogen and oxygen atoms in total. The molecule has 1 aromatic heterocycles. The summed E-state index contributed by atoms with van der Waals surface area (Å²) in [6, 6.07) is 65.9. The molecular formula is C46H31BN2Si. The number of nitrogens with zero attached hydrogens (tertiary/aromatic N) is 1. The Morgan fingerprint density at radius 1 is 0.480 bits per heavy atom. The van der Waals surface area contributed by atoms with E-state index < -0.39 is 8.07 Å². The van der Waals surface area contributed by atoms with Gasteiger partial charge in [0.25, 0.3) is 0 Å². The van der Waals surface area contributed by atoms with Gasteiger partial charge in [0.1, 0.15) is 0 Å². The summed E-state index contributed by atoms with van der Waals surface area (Å²) in [5.74, 6) is 0. The average molecular weight is 651 g/mol. The summed E-state index contributed by atoms with van der Waals surface area (Å²) >= 11 is 0. The van der Waals surface area contributed by atoms with Crippen LogP contribution < -0.4 is 36.6 Å². The van der Waals surface area contributed by atoms with Crippen molar-refractivity contribution >= 4 is 96.7 Å². The standard InChI is InChI=1S/C46H31BN2Si/c1-3-16-31(17-4-1)50(32-18-5-2-6-19-32)41-27-12-11-26-40(41)49-45-33-20-8-7-15-30(33)29-37(43(45)47-38-24-14-28-42(50)46(38)49)36-23-13-22-35-34-21-9-10-25-39(34)48-44(35)36/h1-29,47-48H. The molecular weight excluding hydrogens is 619 g/mol. The van der Waals surface area contributed by atoms with E-state index in [4.69, 9.17) is 0 Å². The Balaban J connectivity index is 1.27. The van der Waals surface area contributed by atoms with Crippen LogP contribution in [0.2, 0.25) is 0 Å². The molecule has 8 aromatic carbocycles.